The quantitative estimate of drug-likeness (QED) is 0.612. The van der Waals surface area contributed by atoms with Crippen LogP contribution in [-0.2, 0) is 4.79 Å². The maximum absolute atomic E-state index is 11.8. The van der Waals surface area contributed by atoms with Crippen molar-refractivity contribution in [2.45, 2.75) is 32.1 Å². The molecule has 76 valence electrons. The van der Waals surface area contributed by atoms with Crippen LogP contribution in [0.1, 0.15) is 32.1 Å². The summed E-state index contributed by atoms with van der Waals surface area (Å²) in [6.07, 6.45) is 6.12. The lowest BCUT2D eigenvalue weighted by molar-refractivity contribution is -0.862. The molecule has 0 heterocycles. The monoisotopic (exact) mass is 184 g/mol. The molecule has 0 saturated heterocycles. The molecule has 1 aliphatic rings. The van der Waals surface area contributed by atoms with Crippen LogP contribution in [0.25, 0.3) is 0 Å². The predicted octanol–water partition coefficient (Wildman–Crippen LogP) is 1.84. The van der Waals surface area contributed by atoms with Gasteiger partial charge in [-0.15, -0.1) is 0 Å². The number of rotatable bonds is 3. The minimum Gasteiger partial charge on any atom is -0.325 e. The summed E-state index contributed by atoms with van der Waals surface area (Å²) in [5, 5.41) is 0. The van der Waals surface area contributed by atoms with Gasteiger partial charge in [0.15, 0.2) is 5.78 Å². The van der Waals surface area contributed by atoms with E-state index in [9.17, 15) is 4.79 Å². The van der Waals surface area contributed by atoms with E-state index in [-0.39, 0.29) is 0 Å². The van der Waals surface area contributed by atoms with Crippen molar-refractivity contribution in [3.8, 4) is 0 Å². The summed E-state index contributed by atoms with van der Waals surface area (Å²) in [5.41, 5.74) is 0. The van der Waals surface area contributed by atoms with E-state index < -0.39 is 0 Å². The maximum atomic E-state index is 11.8. The van der Waals surface area contributed by atoms with E-state index in [0.29, 0.717) is 18.2 Å². The molecule has 1 fully saturated rings. The number of likely N-dealkylation sites (N-methyl/N-ethyl adjacent to an activating group) is 1. The Hall–Kier alpha value is -0.370. The van der Waals surface area contributed by atoms with Gasteiger partial charge in [0.2, 0.25) is 0 Å². The van der Waals surface area contributed by atoms with Gasteiger partial charge < -0.3 is 4.48 Å². The fourth-order valence-electron chi connectivity index (χ4n) is 2.02. The first-order valence-electron chi connectivity index (χ1n) is 5.32. The van der Waals surface area contributed by atoms with Gasteiger partial charge in [-0.2, -0.15) is 0 Å². The van der Waals surface area contributed by atoms with Crippen LogP contribution in [0.15, 0.2) is 0 Å². The van der Waals surface area contributed by atoms with Crippen molar-refractivity contribution < 1.29 is 9.28 Å². The number of Topliss-reactive ketones (excluding diaryl/α,β-unsaturated/α-hetero) is 1. The highest BCUT2D eigenvalue weighted by Gasteiger charge is 2.25. The molecule has 1 rings (SSSR count). The van der Waals surface area contributed by atoms with Crippen molar-refractivity contribution in [2.24, 2.45) is 5.92 Å². The lowest BCUT2D eigenvalue weighted by atomic mass is 9.86. The topological polar surface area (TPSA) is 17.1 Å². The summed E-state index contributed by atoms with van der Waals surface area (Å²) < 4.78 is 0.773. The molecule has 0 aromatic carbocycles. The molecular formula is C11H22NO+. The molecule has 13 heavy (non-hydrogen) atoms. The van der Waals surface area contributed by atoms with Crippen LogP contribution >= 0.6 is 0 Å². The average Bonchev–Trinajstić information content (AvgIpc) is 2.03. The normalized spacial score (nSPS) is 20.2. The maximum Gasteiger partial charge on any atom is 0.189 e. The van der Waals surface area contributed by atoms with E-state index in [4.69, 9.17) is 0 Å². The Morgan fingerprint density at radius 2 is 1.69 bits per heavy atom. The molecule has 0 amide bonds. The number of hydrogen-bond acceptors (Lipinski definition) is 1. The van der Waals surface area contributed by atoms with Gasteiger partial charge in [-0.05, 0) is 12.8 Å². The molecule has 0 atom stereocenters. The summed E-state index contributed by atoms with van der Waals surface area (Å²) >= 11 is 0. The van der Waals surface area contributed by atoms with Crippen molar-refractivity contribution in [3.63, 3.8) is 0 Å². The molecule has 1 aliphatic carbocycles. The summed E-state index contributed by atoms with van der Waals surface area (Å²) in [4.78, 5) is 11.8. The van der Waals surface area contributed by atoms with E-state index in [0.717, 1.165) is 17.3 Å². The standard InChI is InChI=1S/C11H22NO/c1-12(2,3)9-11(13)10-7-5-4-6-8-10/h10H,4-9H2,1-3H3/q+1. The third-order valence-corrected chi connectivity index (χ3v) is 2.69. The van der Waals surface area contributed by atoms with Crippen LogP contribution in [0.3, 0.4) is 0 Å². The Morgan fingerprint density at radius 1 is 1.15 bits per heavy atom. The average molecular weight is 184 g/mol. The first kappa shape index (κ1) is 10.7. The third-order valence-electron chi connectivity index (χ3n) is 2.69. The Bertz CT molecular complexity index is 175. The fourth-order valence-corrected chi connectivity index (χ4v) is 2.02. The second-order valence-corrected chi connectivity index (χ2v) is 5.25. The lowest BCUT2D eigenvalue weighted by Gasteiger charge is -2.27. The van der Waals surface area contributed by atoms with Crippen molar-refractivity contribution in [1.29, 1.82) is 0 Å². The van der Waals surface area contributed by atoms with Crippen LogP contribution in [0.4, 0.5) is 0 Å². The molecule has 0 radical (unpaired) electrons. The van der Waals surface area contributed by atoms with Crippen LogP contribution < -0.4 is 0 Å². The van der Waals surface area contributed by atoms with Crippen molar-refractivity contribution in [1.82, 2.24) is 0 Å². The summed E-state index contributed by atoms with van der Waals surface area (Å²) in [7, 11) is 6.25. The Labute approximate surface area is 81.5 Å². The molecule has 0 spiro atoms. The highest BCUT2D eigenvalue weighted by atomic mass is 16.1. The van der Waals surface area contributed by atoms with Gasteiger partial charge in [0, 0.05) is 5.92 Å². The molecule has 2 heteroatoms. The van der Waals surface area contributed by atoms with Gasteiger partial charge in [0.25, 0.3) is 0 Å². The SMILES string of the molecule is C[N+](C)(C)CC(=O)C1CCCCC1. The summed E-state index contributed by atoms with van der Waals surface area (Å²) in [5.74, 6) is 0.860. The minimum absolute atomic E-state index is 0.381. The van der Waals surface area contributed by atoms with Crippen LogP contribution in [0, 0.1) is 5.92 Å². The Morgan fingerprint density at radius 3 is 2.15 bits per heavy atom. The molecule has 1 saturated carbocycles. The zero-order chi connectivity index (χ0) is 9.90. The van der Waals surface area contributed by atoms with Gasteiger partial charge in [0.05, 0.1) is 21.1 Å². The molecule has 2 nitrogen and oxygen atoms in total. The van der Waals surface area contributed by atoms with E-state index >= 15 is 0 Å². The smallest absolute Gasteiger partial charge is 0.189 e. The Kier molecular flexibility index (Phi) is 3.48. The van der Waals surface area contributed by atoms with E-state index in [1.807, 2.05) is 0 Å². The minimum atomic E-state index is 0.381. The van der Waals surface area contributed by atoms with Gasteiger partial charge in [-0.25, -0.2) is 0 Å². The number of ketones is 1. The summed E-state index contributed by atoms with van der Waals surface area (Å²) in [6, 6.07) is 0. The number of quaternary nitrogens is 1. The van der Waals surface area contributed by atoms with Crippen molar-refractivity contribution >= 4 is 5.78 Å². The van der Waals surface area contributed by atoms with E-state index in [2.05, 4.69) is 21.1 Å². The Balaban J connectivity index is 2.38. The number of carbonyl (C=O) groups is 1. The highest BCUT2D eigenvalue weighted by Crippen LogP contribution is 2.24. The molecule has 0 aromatic heterocycles. The molecular weight excluding hydrogens is 162 g/mol. The zero-order valence-corrected chi connectivity index (χ0v) is 9.18. The van der Waals surface area contributed by atoms with Crippen molar-refractivity contribution in [2.75, 3.05) is 27.7 Å². The van der Waals surface area contributed by atoms with Gasteiger partial charge in [-0.3, -0.25) is 4.79 Å². The lowest BCUT2D eigenvalue weighted by Crippen LogP contribution is -2.41. The second-order valence-electron chi connectivity index (χ2n) is 5.25. The first-order valence-corrected chi connectivity index (χ1v) is 5.32. The zero-order valence-electron chi connectivity index (χ0n) is 9.18. The van der Waals surface area contributed by atoms with Crippen LogP contribution in [0.5, 0.6) is 0 Å². The van der Waals surface area contributed by atoms with Crippen LogP contribution in [0.2, 0.25) is 0 Å². The van der Waals surface area contributed by atoms with E-state index in [1.54, 1.807) is 0 Å². The van der Waals surface area contributed by atoms with Gasteiger partial charge in [0.1, 0.15) is 6.54 Å². The first-order chi connectivity index (χ1) is 5.99. The van der Waals surface area contributed by atoms with E-state index in [1.165, 1.54) is 19.3 Å². The summed E-state index contributed by atoms with van der Waals surface area (Å²) in [6.45, 7) is 0.699. The number of nitrogens with zero attached hydrogens (tertiary/aromatic N) is 1. The molecule has 0 unspecified atom stereocenters. The second kappa shape index (κ2) is 4.23. The molecule has 0 aromatic rings. The largest absolute Gasteiger partial charge is 0.325 e. The highest BCUT2D eigenvalue weighted by molar-refractivity contribution is 5.82. The molecule has 0 aliphatic heterocycles. The van der Waals surface area contributed by atoms with Gasteiger partial charge >= 0.3 is 0 Å². The van der Waals surface area contributed by atoms with Crippen LogP contribution in [-0.4, -0.2) is 38.0 Å². The molecule has 0 N–H and O–H groups in total. The predicted molar refractivity (Wildman–Crippen MR) is 54.5 cm³/mol. The number of carbonyl (C=O) groups excluding carboxylic acids is 1. The fraction of sp³-hybridized carbons (Fsp3) is 0.909. The van der Waals surface area contributed by atoms with Crippen molar-refractivity contribution in [3.05, 3.63) is 0 Å². The molecule has 0 bridgehead atoms. The van der Waals surface area contributed by atoms with Gasteiger partial charge in [-0.1, -0.05) is 19.3 Å². The third kappa shape index (κ3) is 3.90. The number of hydrogen-bond donors (Lipinski definition) is 0.